The van der Waals surface area contributed by atoms with Crippen LogP contribution in [0, 0.1) is 17.0 Å². The van der Waals surface area contributed by atoms with E-state index in [4.69, 9.17) is 9.47 Å². The zero-order chi connectivity index (χ0) is 28.9. The van der Waals surface area contributed by atoms with Crippen molar-refractivity contribution in [2.75, 3.05) is 25.6 Å². The van der Waals surface area contributed by atoms with Crippen molar-refractivity contribution in [3.63, 3.8) is 0 Å². The number of carbonyl (C=O) groups excluding carboxylic acids is 2. The van der Waals surface area contributed by atoms with Gasteiger partial charge in [-0.2, -0.15) is 13.2 Å². The first-order chi connectivity index (χ1) is 19.0. The van der Waals surface area contributed by atoms with Crippen LogP contribution in [0.1, 0.15) is 28.0 Å². The van der Waals surface area contributed by atoms with Crippen molar-refractivity contribution >= 4 is 29.4 Å². The van der Waals surface area contributed by atoms with Gasteiger partial charge in [-0.15, -0.1) is 0 Å². The molecule has 40 heavy (non-hydrogen) atoms. The van der Waals surface area contributed by atoms with Gasteiger partial charge in [0.1, 0.15) is 17.0 Å². The summed E-state index contributed by atoms with van der Waals surface area (Å²) >= 11 is 0. The van der Waals surface area contributed by atoms with Gasteiger partial charge in [0, 0.05) is 31.3 Å². The molecule has 0 aliphatic carbocycles. The van der Waals surface area contributed by atoms with Crippen LogP contribution >= 0.6 is 0 Å². The average molecular weight is 564 g/mol. The molecule has 1 aromatic carbocycles. The fraction of sp³-hybridized carbons (Fsp3) is 0.280. The monoisotopic (exact) mass is 564 g/mol. The molecule has 2 N–H and O–H groups in total. The number of halogens is 5. The molecular weight excluding hydrogens is 543 g/mol. The van der Waals surface area contributed by atoms with E-state index >= 15 is 0 Å². The molecule has 1 aliphatic heterocycles. The first-order valence-corrected chi connectivity index (χ1v) is 11.6. The van der Waals surface area contributed by atoms with Crippen LogP contribution in [0.2, 0.25) is 0 Å². The number of nitrogens with one attached hydrogen (secondary N) is 2. The predicted octanol–water partition coefficient (Wildman–Crippen LogP) is 3.85. The highest BCUT2D eigenvalue weighted by Gasteiger charge is 2.41. The van der Waals surface area contributed by atoms with E-state index in [1.807, 2.05) is 0 Å². The largest absolute Gasteiger partial charge is 0.467 e. The number of hydrogen-bond donors (Lipinski definition) is 2. The Bertz CT molecular complexity index is 1430. The molecule has 10 nitrogen and oxygen atoms in total. The summed E-state index contributed by atoms with van der Waals surface area (Å²) in [5.74, 6) is -3.30. The highest BCUT2D eigenvalue weighted by atomic mass is 19.4. The van der Waals surface area contributed by atoms with Gasteiger partial charge in [-0.1, -0.05) is 0 Å². The summed E-state index contributed by atoms with van der Waals surface area (Å²) < 4.78 is 77.9. The van der Waals surface area contributed by atoms with E-state index in [2.05, 4.69) is 30.6 Å². The fourth-order valence-electron chi connectivity index (χ4n) is 3.73. The fourth-order valence-corrected chi connectivity index (χ4v) is 3.73. The van der Waals surface area contributed by atoms with E-state index in [1.54, 1.807) is 0 Å². The van der Waals surface area contributed by atoms with Crippen LogP contribution in [0.3, 0.4) is 0 Å². The van der Waals surface area contributed by atoms with Crippen molar-refractivity contribution in [3.8, 4) is 6.01 Å². The van der Waals surface area contributed by atoms with Gasteiger partial charge in [0.25, 0.3) is 5.91 Å². The third kappa shape index (κ3) is 6.54. The van der Waals surface area contributed by atoms with Crippen LogP contribution < -0.4 is 15.4 Å². The van der Waals surface area contributed by atoms with E-state index in [0.29, 0.717) is 6.07 Å². The molecule has 210 valence electrons. The van der Waals surface area contributed by atoms with Gasteiger partial charge in [0.15, 0.2) is 0 Å². The van der Waals surface area contributed by atoms with E-state index in [0.717, 1.165) is 24.4 Å². The van der Waals surface area contributed by atoms with Gasteiger partial charge >= 0.3 is 12.2 Å². The van der Waals surface area contributed by atoms with Crippen LogP contribution in [-0.2, 0) is 22.3 Å². The second-order valence-electron chi connectivity index (χ2n) is 8.63. The Balaban J connectivity index is 1.43. The molecule has 1 unspecified atom stereocenters. The van der Waals surface area contributed by atoms with Crippen molar-refractivity contribution in [1.82, 2.24) is 20.3 Å². The standard InChI is InChI=1S/C25H21F5N6O4/c1-39-23-33-8-14(9-34-23)21(37)35-12-24(4-5-40-13-24)22(38)32-11-20-18(27)7-16(10-31-20)36-19-3-2-15(26)6-17(19)25(28,29)30/h2-3,6-10,12,36H,4-5,11,13H2,1H3,(H,32,38). The minimum atomic E-state index is -4.85. The van der Waals surface area contributed by atoms with E-state index in [1.165, 1.54) is 25.7 Å². The lowest BCUT2D eigenvalue weighted by Crippen LogP contribution is -2.43. The van der Waals surface area contributed by atoms with Crippen molar-refractivity contribution in [2.24, 2.45) is 10.4 Å². The zero-order valence-electron chi connectivity index (χ0n) is 20.8. The molecular formula is C25H21F5N6O4. The number of rotatable bonds is 8. The zero-order valence-corrected chi connectivity index (χ0v) is 20.8. The van der Waals surface area contributed by atoms with Crippen molar-refractivity contribution < 1.29 is 41.0 Å². The Kier molecular flexibility index (Phi) is 8.32. The van der Waals surface area contributed by atoms with Gasteiger partial charge in [-0.25, -0.2) is 23.7 Å². The summed E-state index contributed by atoms with van der Waals surface area (Å²) in [4.78, 5) is 40.8. The molecule has 15 heteroatoms. The number of pyridine rings is 1. The maximum absolute atomic E-state index is 14.7. The van der Waals surface area contributed by atoms with Gasteiger partial charge in [-0.3, -0.25) is 14.6 Å². The molecule has 0 saturated carbocycles. The number of amides is 2. The molecule has 1 aliphatic rings. The smallest absolute Gasteiger partial charge is 0.418 e. The number of hydrogen-bond acceptors (Lipinski definition) is 8. The Morgan fingerprint density at radius 1 is 1.15 bits per heavy atom. The maximum atomic E-state index is 14.7. The summed E-state index contributed by atoms with van der Waals surface area (Å²) in [5, 5.41) is 4.91. The molecule has 3 heterocycles. The van der Waals surface area contributed by atoms with Crippen LogP contribution in [0.25, 0.3) is 0 Å². The molecule has 3 aromatic rings. The van der Waals surface area contributed by atoms with Gasteiger partial charge in [-0.05, 0) is 24.6 Å². The summed E-state index contributed by atoms with van der Waals surface area (Å²) in [6.45, 7) is -0.229. The highest BCUT2D eigenvalue weighted by molar-refractivity contribution is 6.05. The number of nitrogens with zero attached hydrogens (tertiary/aromatic N) is 4. The number of carbonyl (C=O) groups is 2. The lowest BCUT2D eigenvalue weighted by Gasteiger charge is -2.21. The molecule has 0 radical (unpaired) electrons. The highest BCUT2D eigenvalue weighted by Crippen LogP contribution is 2.36. The molecule has 1 atom stereocenters. The summed E-state index contributed by atoms with van der Waals surface area (Å²) in [6.07, 6.45) is 0.0233. The van der Waals surface area contributed by atoms with Crippen LogP contribution in [-0.4, -0.2) is 53.3 Å². The van der Waals surface area contributed by atoms with E-state index in [9.17, 15) is 31.5 Å². The number of aromatic nitrogens is 3. The molecule has 0 spiro atoms. The predicted molar refractivity (Wildman–Crippen MR) is 130 cm³/mol. The first kappa shape index (κ1) is 28.5. The quantitative estimate of drug-likeness (QED) is 0.312. The van der Waals surface area contributed by atoms with Gasteiger partial charge in [0.05, 0.1) is 54.7 Å². The number of methoxy groups -OCH3 is 1. The number of anilines is 2. The molecule has 0 bridgehead atoms. The summed E-state index contributed by atoms with van der Waals surface area (Å²) in [6, 6.07) is 2.98. The number of alkyl halides is 3. The minimum Gasteiger partial charge on any atom is -0.467 e. The van der Waals surface area contributed by atoms with Gasteiger partial charge in [0.2, 0.25) is 5.91 Å². The van der Waals surface area contributed by atoms with Crippen LogP contribution in [0.5, 0.6) is 6.01 Å². The summed E-state index contributed by atoms with van der Waals surface area (Å²) in [7, 11) is 1.37. The average Bonchev–Trinajstić information content (AvgIpc) is 3.42. The SMILES string of the molecule is COc1ncc(C(=O)N=CC2(C(=O)NCc3ncc(Nc4ccc(F)cc4C(F)(F)F)cc3F)CCOC2)cn1. The third-order valence-electron chi connectivity index (χ3n) is 5.89. The van der Waals surface area contributed by atoms with Crippen molar-refractivity contribution in [2.45, 2.75) is 19.1 Å². The topological polar surface area (TPSA) is 128 Å². The Morgan fingerprint density at radius 3 is 2.52 bits per heavy atom. The normalized spacial score (nSPS) is 17.1. The lowest BCUT2D eigenvalue weighted by molar-refractivity contribution is -0.137. The van der Waals surface area contributed by atoms with Gasteiger partial charge < -0.3 is 20.1 Å². The van der Waals surface area contributed by atoms with Crippen molar-refractivity contribution in [3.05, 3.63) is 71.3 Å². The minimum absolute atomic E-state index is 0.0618. The Labute approximate surface area is 223 Å². The number of benzene rings is 1. The van der Waals surface area contributed by atoms with E-state index < -0.39 is 46.3 Å². The number of aliphatic imine (C=N–C) groups is 1. The molecule has 2 amide bonds. The lowest BCUT2D eigenvalue weighted by atomic mass is 9.87. The molecule has 1 fully saturated rings. The van der Waals surface area contributed by atoms with Crippen LogP contribution in [0.4, 0.5) is 33.3 Å². The molecule has 4 rings (SSSR count). The maximum Gasteiger partial charge on any atom is 0.418 e. The van der Waals surface area contributed by atoms with Crippen LogP contribution in [0.15, 0.2) is 47.8 Å². The Hall–Kier alpha value is -4.53. The second-order valence-corrected chi connectivity index (χ2v) is 8.63. The Morgan fingerprint density at radius 2 is 1.90 bits per heavy atom. The van der Waals surface area contributed by atoms with E-state index in [-0.39, 0.29) is 49.1 Å². The second kappa shape index (κ2) is 11.7. The summed E-state index contributed by atoms with van der Waals surface area (Å²) in [5.41, 5.74) is -3.33. The number of ether oxygens (including phenoxy) is 2. The molecule has 1 saturated heterocycles. The molecule has 2 aromatic heterocycles. The third-order valence-corrected chi connectivity index (χ3v) is 5.89. The first-order valence-electron chi connectivity index (χ1n) is 11.6. The van der Waals surface area contributed by atoms with Crippen molar-refractivity contribution in [1.29, 1.82) is 0 Å².